The summed E-state index contributed by atoms with van der Waals surface area (Å²) in [5.41, 5.74) is 0. The van der Waals surface area contributed by atoms with Gasteiger partial charge in [-0.2, -0.15) is 0 Å². The van der Waals surface area contributed by atoms with Gasteiger partial charge in [-0.25, -0.2) is 18.1 Å². The summed E-state index contributed by atoms with van der Waals surface area (Å²) in [7, 11) is -1.71. The fourth-order valence-electron chi connectivity index (χ4n) is 2.10. The van der Waals surface area contributed by atoms with Crippen molar-refractivity contribution >= 4 is 10.0 Å². The molecular weight excluding hydrogens is 254 g/mol. The number of imidazole rings is 1. The van der Waals surface area contributed by atoms with Crippen molar-refractivity contribution in [3.63, 3.8) is 0 Å². The Labute approximate surface area is 107 Å². The standard InChI is InChI=1S/C11H19N3O3S/c1-17-6-7-18(15,16)13-9-10-2-4-14-5-3-12-11(14)8-10/h3,5,10,13H,2,4,6-9H2,1H3. The predicted octanol–water partition coefficient (Wildman–Crippen LogP) is 0.0113. The smallest absolute Gasteiger partial charge is 0.213 e. The van der Waals surface area contributed by atoms with Crippen LogP contribution in [0.3, 0.4) is 0 Å². The summed E-state index contributed by atoms with van der Waals surface area (Å²) in [6.45, 7) is 1.63. The van der Waals surface area contributed by atoms with Crippen LogP contribution in [-0.4, -0.2) is 44.0 Å². The van der Waals surface area contributed by atoms with Gasteiger partial charge < -0.3 is 9.30 Å². The zero-order valence-electron chi connectivity index (χ0n) is 10.5. The van der Waals surface area contributed by atoms with Gasteiger partial charge in [0.1, 0.15) is 5.82 Å². The zero-order valence-corrected chi connectivity index (χ0v) is 11.3. The molecule has 0 spiro atoms. The fraction of sp³-hybridized carbons (Fsp3) is 0.727. The molecule has 2 rings (SSSR count). The summed E-state index contributed by atoms with van der Waals surface area (Å²) < 4.78 is 32.8. The minimum absolute atomic E-state index is 0.0187. The van der Waals surface area contributed by atoms with Crippen LogP contribution in [0, 0.1) is 5.92 Å². The highest BCUT2D eigenvalue weighted by Gasteiger charge is 2.20. The molecule has 18 heavy (non-hydrogen) atoms. The molecule has 1 aliphatic rings. The molecule has 102 valence electrons. The van der Waals surface area contributed by atoms with Gasteiger partial charge in [0.05, 0.1) is 12.4 Å². The van der Waals surface area contributed by atoms with Crippen molar-refractivity contribution < 1.29 is 13.2 Å². The number of hydrogen-bond donors (Lipinski definition) is 1. The number of nitrogens with zero attached hydrogens (tertiary/aromatic N) is 2. The molecule has 7 heteroatoms. The van der Waals surface area contributed by atoms with E-state index in [0.717, 1.165) is 25.2 Å². The number of aryl methyl sites for hydroxylation is 1. The highest BCUT2D eigenvalue weighted by molar-refractivity contribution is 7.89. The Morgan fingerprint density at radius 1 is 1.61 bits per heavy atom. The van der Waals surface area contributed by atoms with Gasteiger partial charge in [0, 0.05) is 39.0 Å². The van der Waals surface area contributed by atoms with Crippen molar-refractivity contribution in [3.05, 3.63) is 18.2 Å². The van der Waals surface area contributed by atoms with Crippen LogP contribution in [0.5, 0.6) is 0 Å². The van der Waals surface area contributed by atoms with Crippen LogP contribution in [0.15, 0.2) is 12.4 Å². The molecule has 0 aliphatic carbocycles. The zero-order chi connectivity index (χ0) is 13.0. The number of nitrogens with one attached hydrogen (secondary N) is 1. The summed E-state index contributed by atoms with van der Waals surface area (Å²) in [5.74, 6) is 1.39. The van der Waals surface area contributed by atoms with E-state index in [1.807, 2.05) is 6.20 Å². The second-order valence-electron chi connectivity index (χ2n) is 4.56. The first-order chi connectivity index (χ1) is 8.61. The van der Waals surface area contributed by atoms with Gasteiger partial charge in [0.2, 0.25) is 10.0 Å². The van der Waals surface area contributed by atoms with E-state index in [0.29, 0.717) is 12.5 Å². The maximum atomic E-state index is 11.6. The number of aromatic nitrogens is 2. The number of fused-ring (bicyclic) bond motifs is 1. The minimum atomic E-state index is -3.21. The van der Waals surface area contributed by atoms with E-state index >= 15 is 0 Å². The average molecular weight is 273 g/mol. The van der Waals surface area contributed by atoms with E-state index in [1.54, 1.807) is 6.20 Å². The van der Waals surface area contributed by atoms with Crippen molar-refractivity contribution in [2.45, 2.75) is 19.4 Å². The Hall–Kier alpha value is -0.920. The quantitative estimate of drug-likeness (QED) is 0.792. The van der Waals surface area contributed by atoms with Crippen molar-refractivity contribution in [3.8, 4) is 0 Å². The number of ether oxygens (including phenoxy) is 1. The van der Waals surface area contributed by atoms with E-state index in [4.69, 9.17) is 4.74 Å². The Kier molecular flexibility index (Phi) is 4.36. The van der Waals surface area contributed by atoms with E-state index in [1.165, 1.54) is 7.11 Å². The predicted molar refractivity (Wildman–Crippen MR) is 67.7 cm³/mol. The molecule has 2 heterocycles. The molecule has 1 aromatic rings. The molecule has 0 saturated heterocycles. The molecule has 1 N–H and O–H groups in total. The molecule has 0 amide bonds. The van der Waals surface area contributed by atoms with E-state index in [-0.39, 0.29) is 12.4 Å². The Morgan fingerprint density at radius 3 is 3.22 bits per heavy atom. The number of rotatable bonds is 6. The normalized spacial score (nSPS) is 19.7. The maximum Gasteiger partial charge on any atom is 0.213 e. The van der Waals surface area contributed by atoms with Crippen LogP contribution in [0.1, 0.15) is 12.2 Å². The third kappa shape index (κ3) is 3.54. The van der Waals surface area contributed by atoms with Gasteiger partial charge in [0.15, 0.2) is 0 Å². The third-order valence-corrected chi connectivity index (χ3v) is 4.51. The highest BCUT2D eigenvalue weighted by Crippen LogP contribution is 2.18. The second kappa shape index (κ2) is 5.81. The van der Waals surface area contributed by atoms with Gasteiger partial charge in [-0.15, -0.1) is 0 Å². The van der Waals surface area contributed by atoms with Gasteiger partial charge in [-0.1, -0.05) is 0 Å². The third-order valence-electron chi connectivity index (χ3n) is 3.20. The Balaban J connectivity index is 1.82. The van der Waals surface area contributed by atoms with Crippen LogP contribution < -0.4 is 4.72 Å². The molecule has 0 radical (unpaired) electrons. The summed E-state index contributed by atoms with van der Waals surface area (Å²) in [5, 5.41) is 0. The van der Waals surface area contributed by atoms with E-state index < -0.39 is 10.0 Å². The van der Waals surface area contributed by atoms with Crippen LogP contribution in [0.2, 0.25) is 0 Å². The average Bonchev–Trinajstić information content (AvgIpc) is 2.81. The van der Waals surface area contributed by atoms with Crippen LogP contribution in [-0.2, 0) is 27.7 Å². The molecule has 0 saturated carbocycles. The van der Waals surface area contributed by atoms with Gasteiger partial charge in [-0.05, 0) is 12.3 Å². The summed E-state index contributed by atoms with van der Waals surface area (Å²) in [4.78, 5) is 4.27. The lowest BCUT2D eigenvalue weighted by atomic mass is 9.98. The SMILES string of the molecule is COCCS(=O)(=O)NCC1CCn2ccnc2C1. The van der Waals surface area contributed by atoms with Gasteiger partial charge >= 0.3 is 0 Å². The fourth-order valence-corrected chi connectivity index (χ4v) is 3.12. The van der Waals surface area contributed by atoms with E-state index in [2.05, 4.69) is 14.3 Å². The summed E-state index contributed by atoms with van der Waals surface area (Å²) in [6.07, 6.45) is 5.57. The molecule has 1 unspecified atom stereocenters. The van der Waals surface area contributed by atoms with Crippen molar-refractivity contribution in [2.75, 3.05) is 26.0 Å². The van der Waals surface area contributed by atoms with Gasteiger partial charge in [0.25, 0.3) is 0 Å². The maximum absolute atomic E-state index is 11.6. The summed E-state index contributed by atoms with van der Waals surface area (Å²) in [6, 6.07) is 0. The first-order valence-corrected chi connectivity index (χ1v) is 7.72. The molecule has 0 aromatic carbocycles. The van der Waals surface area contributed by atoms with Crippen LogP contribution >= 0.6 is 0 Å². The number of methoxy groups -OCH3 is 1. The monoisotopic (exact) mass is 273 g/mol. The molecule has 6 nitrogen and oxygen atoms in total. The number of sulfonamides is 1. The first kappa shape index (κ1) is 13.5. The van der Waals surface area contributed by atoms with Crippen LogP contribution in [0.4, 0.5) is 0 Å². The minimum Gasteiger partial charge on any atom is -0.384 e. The van der Waals surface area contributed by atoms with Crippen molar-refractivity contribution in [2.24, 2.45) is 5.92 Å². The van der Waals surface area contributed by atoms with Gasteiger partial charge in [-0.3, -0.25) is 0 Å². The molecule has 0 bridgehead atoms. The van der Waals surface area contributed by atoms with Crippen molar-refractivity contribution in [1.29, 1.82) is 0 Å². The lowest BCUT2D eigenvalue weighted by molar-refractivity contribution is 0.216. The molecule has 1 aliphatic heterocycles. The molecule has 1 atom stereocenters. The van der Waals surface area contributed by atoms with Crippen molar-refractivity contribution in [1.82, 2.24) is 14.3 Å². The van der Waals surface area contributed by atoms with E-state index in [9.17, 15) is 8.42 Å². The first-order valence-electron chi connectivity index (χ1n) is 6.07. The number of hydrogen-bond acceptors (Lipinski definition) is 4. The Morgan fingerprint density at radius 2 is 2.44 bits per heavy atom. The lowest BCUT2D eigenvalue weighted by Gasteiger charge is -2.23. The largest absolute Gasteiger partial charge is 0.384 e. The Bertz CT molecular complexity index is 483. The summed E-state index contributed by atoms with van der Waals surface area (Å²) >= 11 is 0. The molecule has 1 aromatic heterocycles. The highest BCUT2D eigenvalue weighted by atomic mass is 32.2. The lowest BCUT2D eigenvalue weighted by Crippen LogP contribution is -2.35. The topological polar surface area (TPSA) is 73.2 Å². The second-order valence-corrected chi connectivity index (χ2v) is 6.48. The molecule has 0 fully saturated rings. The van der Waals surface area contributed by atoms with Crippen LogP contribution in [0.25, 0.3) is 0 Å². The molecular formula is C11H19N3O3S.